The minimum absolute atomic E-state index is 0.0638. The van der Waals surface area contributed by atoms with Crippen LogP contribution in [0.4, 0.5) is 0 Å². The molecule has 1 aromatic carbocycles. The molecule has 0 aliphatic rings. The maximum absolute atomic E-state index is 11.9. The second kappa shape index (κ2) is 5.31. The Morgan fingerprint density at radius 2 is 1.82 bits per heavy atom. The van der Waals surface area contributed by atoms with Gasteiger partial charge in [0.1, 0.15) is 0 Å². The van der Waals surface area contributed by atoms with Crippen molar-refractivity contribution in [2.45, 2.75) is 25.2 Å². The Hall–Kier alpha value is -1.36. The van der Waals surface area contributed by atoms with Gasteiger partial charge in [0.05, 0.1) is 5.75 Å². The van der Waals surface area contributed by atoms with E-state index in [0.717, 1.165) is 5.56 Å². The lowest BCUT2D eigenvalue weighted by Crippen LogP contribution is -2.37. The molecule has 0 aliphatic heterocycles. The molecule has 0 aliphatic carbocycles. The van der Waals surface area contributed by atoms with Crippen LogP contribution in [0.1, 0.15) is 19.4 Å². The van der Waals surface area contributed by atoms with Crippen molar-refractivity contribution in [1.29, 1.82) is 0 Å². The van der Waals surface area contributed by atoms with Crippen molar-refractivity contribution in [1.82, 2.24) is 0 Å². The first-order chi connectivity index (χ1) is 7.89. The van der Waals surface area contributed by atoms with E-state index in [-0.39, 0.29) is 5.75 Å². The number of sulfone groups is 1. The Morgan fingerprint density at radius 1 is 1.24 bits per heavy atom. The van der Waals surface area contributed by atoms with Crippen LogP contribution in [0.3, 0.4) is 0 Å². The molecule has 1 radical (unpaired) electrons. The summed E-state index contributed by atoms with van der Waals surface area (Å²) in [6.07, 6.45) is 0.398. The molecular formula is C12H15O4S. The monoisotopic (exact) mass is 255 g/mol. The largest absolute Gasteiger partial charge is 0.435 e. The third-order valence-electron chi connectivity index (χ3n) is 2.54. The van der Waals surface area contributed by atoms with Gasteiger partial charge in [-0.1, -0.05) is 30.3 Å². The summed E-state index contributed by atoms with van der Waals surface area (Å²) in [5, 5.41) is 0. The number of ether oxygens (including phenoxy) is 1. The third kappa shape index (κ3) is 3.56. The second-order valence-corrected chi connectivity index (χ2v) is 6.76. The Labute approximate surface area is 102 Å². The van der Waals surface area contributed by atoms with Gasteiger partial charge in [0.25, 0.3) is 0 Å². The van der Waals surface area contributed by atoms with Crippen LogP contribution in [0, 0.1) is 0 Å². The molecule has 17 heavy (non-hydrogen) atoms. The molecule has 0 spiro atoms. The Morgan fingerprint density at radius 3 is 2.35 bits per heavy atom. The first kappa shape index (κ1) is 13.7. The first-order valence-corrected chi connectivity index (χ1v) is 6.86. The highest BCUT2D eigenvalue weighted by molar-refractivity contribution is 7.92. The molecule has 4 nitrogen and oxygen atoms in total. The SMILES string of the molecule is CC(C)(O[C]=O)S(=O)(=O)CCc1ccccc1. The van der Waals surface area contributed by atoms with Gasteiger partial charge in [-0.3, -0.25) is 0 Å². The predicted octanol–water partition coefficient (Wildman–Crippen LogP) is 1.46. The highest BCUT2D eigenvalue weighted by Gasteiger charge is 2.35. The molecule has 0 aromatic heterocycles. The maximum Gasteiger partial charge on any atom is 0.419 e. The minimum atomic E-state index is -3.50. The van der Waals surface area contributed by atoms with Gasteiger partial charge in [0.15, 0.2) is 9.84 Å². The number of carbonyl (C=O) groups excluding carboxylic acids is 1. The maximum atomic E-state index is 11.9. The summed E-state index contributed by atoms with van der Waals surface area (Å²) < 4.78 is 28.3. The highest BCUT2D eigenvalue weighted by atomic mass is 32.2. The van der Waals surface area contributed by atoms with Gasteiger partial charge < -0.3 is 4.74 Å². The zero-order chi connectivity index (χ0) is 12.9. The van der Waals surface area contributed by atoms with E-state index in [2.05, 4.69) is 4.74 Å². The van der Waals surface area contributed by atoms with Crippen LogP contribution in [0.15, 0.2) is 30.3 Å². The zero-order valence-corrected chi connectivity index (χ0v) is 10.7. The van der Waals surface area contributed by atoms with Gasteiger partial charge >= 0.3 is 6.47 Å². The van der Waals surface area contributed by atoms with Gasteiger partial charge in [0.2, 0.25) is 4.93 Å². The van der Waals surface area contributed by atoms with E-state index < -0.39 is 14.8 Å². The van der Waals surface area contributed by atoms with Crippen LogP contribution in [-0.4, -0.2) is 25.6 Å². The smallest absolute Gasteiger partial charge is 0.419 e. The minimum Gasteiger partial charge on any atom is -0.435 e. The summed E-state index contributed by atoms with van der Waals surface area (Å²) in [5.41, 5.74) is 0.932. The number of aryl methyl sites for hydroxylation is 1. The van der Waals surface area contributed by atoms with Crippen molar-refractivity contribution in [2.24, 2.45) is 0 Å². The summed E-state index contributed by atoms with van der Waals surface area (Å²) in [6, 6.07) is 9.28. The Balaban J connectivity index is 2.71. The van der Waals surface area contributed by atoms with Crippen molar-refractivity contribution >= 4 is 16.3 Å². The van der Waals surface area contributed by atoms with E-state index in [4.69, 9.17) is 0 Å². The zero-order valence-electron chi connectivity index (χ0n) is 9.84. The topological polar surface area (TPSA) is 60.4 Å². The lowest BCUT2D eigenvalue weighted by Gasteiger charge is -2.21. The Kier molecular flexibility index (Phi) is 4.28. The van der Waals surface area contributed by atoms with Crippen LogP contribution in [0.5, 0.6) is 0 Å². The highest BCUT2D eigenvalue weighted by Crippen LogP contribution is 2.19. The number of hydrogen-bond acceptors (Lipinski definition) is 4. The summed E-state index contributed by atoms with van der Waals surface area (Å²) in [4.78, 5) is 8.61. The van der Waals surface area contributed by atoms with Crippen LogP contribution < -0.4 is 0 Å². The molecule has 0 N–H and O–H groups in total. The van der Waals surface area contributed by atoms with E-state index in [1.807, 2.05) is 30.3 Å². The third-order valence-corrected chi connectivity index (χ3v) is 4.86. The lowest BCUT2D eigenvalue weighted by molar-refractivity contribution is 0.167. The fraction of sp³-hybridized carbons (Fsp3) is 0.417. The molecule has 0 unspecified atom stereocenters. The molecule has 0 saturated heterocycles. The van der Waals surface area contributed by atoms with Gasteiger partial charge in [-0.25, -0.2) is 13.2 Å². The number of benzene rings is 1. The van der Waals surface area contributed by atoms with E-state index in [1.54, 1.807) is 0 Å². The summed E-state index contributed by atoms with van der Waals surface area (Å²) in [7, 11) is -3.50. The average Bonchev–Trinajstić information content (AvgIpc) is 2.28. The van der Waals surface area contributed by atoms with Crippen LogP contribution in [0.2, 0.25) is 0 Å². The van der Waals surface area contributed by atoms with Crippen LogP contribution in [0.25, 0.3) is 0 Å². The standard InChI is InChI=1S/C12H15O4S/c1-12(2,16-10-13)17(14,15)9-8-11-6-4-3-5-7-11/h3-7H,8-9H2,1-2H3. The molecule has 0 fully saturated rings. The number of hydrogen-bond donors (Lipinski definition) is 0. The number of rotatable bonds is 6. The molecule has 1 aromatic rings. The van der Waals surface area contributed by atoms with Gasteiger partial charge in [-0.05, 0) is 25.8 Å². The fourth-order valence-corrected chi connectivity index (χ4v) is 2.46. The molecule has 5 heteroatoms. The quantitative estimate of drug-likeness (QED) is 0.772. The average molecular weight is 255 g/mol. The van der Waals surface area contributed by atoms with E-state index in [9.17, 15) is 13.2 Å². The van der Waals surface area contributed by atoms with Crippen LogP contribution in [-0.2, 0) is 25.8 Å². The van der Waals surface area contributed by atoms with Crippen molar-refractivity contribution in [3.8, 4) is 0 Å². The second-order valence-electron chi connectivity index (χ2n) is 4.14. The van der Waals surface area contributed by atoms with E-state index >= 15 is 0 Å². The normalized spacial score (nSPS) is 12.1. The van der Waals surface area contributed by atoms with Crippen molar-refractivity contribution in [3.63, 3.8) is 0 Å². The van der Waals surface area contributed by atoms with Gasteiger partial charge in [-0.15, -0.1) is 0 Å². The van der Waals surface area contributed by atoms with Gasteiger partial charge in [0, 0.05) is 0 Å². The summed E-state index contributed by atoms with van der Waals surface area (Å²) in [5.74, 6) is -0.0638. The molecular weight excluding hydrogens is 240 g/mol. The molecule has 0 heterocycles. The van der Waals surface area contributed by atoms with Crippen molar-refractivity contribution in [3.05, 3.63) is 35.9 Å². The summed E-state index contributed by atoms with van der Waals surface area (Å²) in [6.45, 7) is 3.87. The van der Waals surface area contributed by atoms with E-state index in [1.165, 1.54) is 20.3 Å². The van der Waals surface area contributed by atoms with E-state index in [0.29, 0.717) is 6.42 Å². The van der Waals surface area contributed by atoms with Crippen LogP contribution >= 0.6 is 0 Å². The summed E-state index contributed by atoms with van der Waals surface area (Å²) >= 11 is 0. The fourth-order valence-electron chi connectivity index (χ4n) is 1.31. The predicted molar refractivity (Wildman–Crippen MR) is 64.8 cm³/mol. The van der Waals surface area contributed by atoms with Gasteiger partial charge in [-0.2, -0.15) is 0 Å². The first-order valence-electron chi connectivity index (χ1n) is 5.20. The molecule has 1 rings (SSSR count). The molecule has 93 valence electrons. The molecule has 0 amide bonds. The Bertz CT molecular complexity index is 463. The lowest BCUT2D eigenvalue weighted by atomic mass is 10.2. The van der Waals surface area contributed by atoms with Crippen molar-refractivity contribution < 1.29 is 17.9 Å². The van der Waals surface area contributed by atoms with Crippen molar-refractivity contribution in [2.75, 3.05) is 5.75 Å². The molecule has 0 saturated carbocycles. The molecule has 0 atom stereocenters. The molecule has 0 bridgehead atoms.